The molecule has 4 aromatic rings. The number of carbonyl (C=O) groups excluding carboxylic acids is 1. The summed E-state index contributed by atoms with van der Waals surface area (Å²) < 4.78 is 17.6. The number of anilines is 1. The van der Waals surface area contributed by atoms with Gasteiger partial charge in [-0.2, -0.15) is 0 Å². The molecule has 1 fully saturated rings. The van der Waals surface area contributed by atoms with Crippen LogP contribution in [0.1, 0.15) is 23.3 Å². The lowest BCUT2D eigenvalue weighted by atomic mass is 10.2. The summed E-state index contributed by atoms with van der Waals surface area (Å²) in [5.41, 5.74) is 2.33. The van der Waals surface area contributed by atoms with Gasteiger partial charge in [-0.15, -0.1) is 0 Å². The molecule has 9 heteroatoms. The molecule has 3 heterocycles. The highest BCUT2D eigenvalue weighted by molar-refractivity contribution is 7.22. The smallest absolute Gasteiger partial charge is 0.280 e. The maximum absolute atomic E-state index is 13.6. The lowest BCUT2D eigenvalue weighted by Crippen LogP contribution is -2.38. The third kappa shape index (κ3) is 3.74. The molecule has 2 aromatic heterocycles. The third-order valence-corrected chi connectivity index (χ3v) is 6.55. The fourth-order valence-electron chi connectivity index (χ4n) is 3.83. The first kappa shape index (κ1) is 20.6. The van der Waals surface area contributed by atoms with Crippen LogP contribution in [0.3, 0.4) is 0 Å². The molecule has 1 atom stereocenters. The first-order valence-corrected chi connectivity index (χ1v) is 11.2. The summed E-state index contributed by atoms with van der Waals surface area (Å²) in [4.78, 5) is 29.0. The van der Waals surface area contributed by atoms with Gasteiger partial charge in [0, 0.05) is 6.61 Å². The fourth-order valence-corrected chi connectivity index (χ4v) is 4.91. The van der Waals surface area contributed by atoms with Crippen LogP contribution in [0.4, 0.5) is 5.13 Å². The predicted octanol–water partition coefficient (Wildman–Crippen LogP) is 4.08. The first-order chi connectivity index (χ1) is 15.7. The van der Waals surface area contributed by atoms with Crippen LogP contribution in [-0.4, -0.2) is 54.3 Å². The zero-order valence-electron chi connectivity index (χ0n) is 17.8. The Hall–Kier alpha value is -3.30. The van der Waals surface area contributed by atoms with Gasteiger partial charge in [0.2, 0.25) is 0 Å². The molecule has 0 bridgehead atoms. The van der Waals surface area contributed by atoms with E-state index in [1.54, 1.807) is 19.1 Å². The van der Waals surface area contributed by atoms with E-state index in [9.17, 15) is 4.79 Å². The molecule has 0 spiro atoms. The van der Waals surface area contributed by atoms with E-state index in [-0.39, 0.29) is 17.7 Å². The van der Waals surface area contributed by atoms with E-state index < -0.39 is 0 Å². The van der Waals surface area contributed by atoms with Crippen molar-refractivity contribution in [1.82, 2.24) is 15.0 Å². The van der Waals surface area contributed by atoms with Gasteiger partial charge in [-0.3, -0.25) is 14.7 Å². The molecule has 0 radical (unpaired) electrons. The molecule has 1 unspecified atom stereocenters. The quantitative estimate of drug-likeness (QED) is 0.437. The first-order valence-electron chi connectivity index (χ1n) is 10.3. The Morgan fingerprint density at radius 3 is 2.66 bits per heavy atom. The number of carbonyl (C=O) groups is 1. The maximum atomic E-state index is 13.6. The van der Waals surface area contributed by atoms with Crippen LogP contribution in [0.25, 0.3) is 21.3 Å². The Labute approximate surface area is 188 Å². The zero-order chi connectivity index (χ0) is 22.1. The van der Waals surface area contributed by atoms with E-state index in [0.29, 0.717) is 40.8 Å². The maximum Gasteiger partial charge on any atom is 0.280 e. The fraction of sp³-hybridized carbons (Fsp3) is 0.304. The lowest BCUT2D eigenvalue weighted by Gasteiger charge is -2.22. The summed E-state index contributed by atoms with van der Waals surface area (Å²) in [7, 11) is 3.21. The number of benzene rings is 2. The SMILES string of the molecule is COc1ccc(OC)c2sc(N(CC3CCCO3)C(=O)c3cnc4ccccc4n3)nc12. The second-order valence-electron chi connectivity index (χ2n) is 7.44. The number of hydrogen-bond donors (Lipinski definition) is 0. The van der Waals surface area contributed by atoms with Gasteiger partial charge in [0.05, 0.1) is 44.1 Å². The van der Waals surface area contributed by atoms with Crippen LogP contribution < -0.4 is 14.4 Å². The highest BCUT2D eigenvalue weighted by atomic mass is 32.1. The van der Waals surface area contributed by atoms with Gasteiger partial charge in [-0.25, -0.2) is 9.97 Å². The number of methoxy groups -OCH3 is 2. The van der Waals surface area contributed by atoms with E-state index in [4.69, 9.17) is 19.2 Å². The summed E-state index contributed by atoms with van der Waals surface area (Å²) in [6.07, 6.45) is 3.33. The number of rotatable bonds is 6. The van der Waals surface area contributed by atoms with E-state index in [1.807, 2.05) is 36.4 Å². The van der Waals surface area contributed by atoms with Gasteiger partial charge in [0.25, 0.3) is 5.91 Å². The number of aromatic nitrogens is 3. The molecule has 32 heavy (non-hydrogen) atoms. The molecule has 1 aliphatic heterocycles. The number of para-hydroxylation sites is 2. The Balaban J connectivity index is 1.59. The van der Waals surface area contributed by atoms with E-state index in [2.05, 4.69) is 9.97 Å². The Morgan fingerprint density at radius 1 is 1.12 bits per heavy atom. The van der Waals surface area contributed by atoms with Crippen molar-refractivity contribution in [3.05, 3.63) is 48.3 Å². The normalized spacial score (nSPS) is 15.9. The van der Waals surface area contributed by atoms with Crippen LogP contribution in [0, 0.1) is 0 Å². The van der Waals surface area contributed by atoms with Crippen molar-refractivity contribution in [2.75, 3.05) is 32.3 Å². The van der Waals surface area contributed by atoms with Crippen LogP contribution >= 0.6 is 11.3 Å². The van der Waals surface area contributed by atoms with Crippen LogP contribution in [0.2, 0.25) is 0 Å². The average molecular weight is 451 g/mol. The largest absolute Gasteiger partial charge is 0.495 e. The van der Waals surface area contributed by atoms with E-state index in [0.717, 1.165) is 23.1 Å². The topological polar surface area (TPSA) is 86.7 Å². The molecule has 0 aliphatic carbocycles. The third-order valence-electron chi connectivity index (χ3n) is 5.45. The number of nitrogens with zero attached hydrogens (tertiary/aromatic N) is 4. The van der Waals surface area contributed by atoms with Gasteiger partial charge in [0.15, 0.2) is 5.13 Å². The average Bonchev–Trinajstić information content (AvgIpc) is 3.51. The minimum absolute atomic E-state index is 0.0526. The van der Waals surface area contributed by atoms with Crippen LogP contribution in [0.15, 0.2) is 42.6 Å². The standard InChI is InChI=1S/C23H22N4O4S/c1-29-18-9-10-19(30-2)21-20(18)26-23(32-21)27(13-14-6-5-11-31-14)22(28)17-12-24-15-7-3-4-8-16(15)25-17/h3-4,7-10,12,14H,5-6,11,13H2,1-2H3. The molecule has 0 N–H and O–H groups in total. The van der Waals surface area contributed by atoms with Crippen molar-refractivity contribution < 1.29 is 19.0 Å². The Kier molecular flexibility index (Phi) is 5.59. The highest BCUT2D eigenvalue weighted by Crippen LogP contribution is 2.40. The molecular weight excluding hydrogens is 428 g/mol. The molecule has 1 aliphatic rings. The molecule has 1 saturated heterocycles. The lowest BCUT2D eigenvalue weighted by molar-refractivity contribution is 0.0913. The van der Waals surface area contributed by atoms with Gasteiger partial charge >= 0.3 is 0 Å². The highest BCUT2D eigenvalue weighted by Gasteiger charge is 2.29. The predicted molar refractivity (Wildman–Crippen MR) is 123 cm³/mol. The van der Waals surface area contributed by atoms with Crippen molar-refractivity contribution in [2.45, 2.75) is 18.9 Å². The number of amides is 1. The Bertz CT molecular complexity index is 1240. The second kappa shape index (κ2) is 8.68. The molecule has 164 valence electrons. The number of fused-ring (bicyclic) bond motifs is 2. The van der Waals surface area contributed by atoms with Gasteiger partial charge < -0.3 is 14.2 Å². The van der Waals surface area contributed by atoms with Crippen molar-refractivity contribution in [3.63, 3.8) is 0 Å². The van der Waals surface area contributed by atoms with Crippen molar-refractivity contribution >= 4 is 43.6 Å². The summed E-state index contributed by atoms with van der Waals surface area (Å²) in [5.74, 6) is 1.04. The summed E-state index contributed by atoms with van der Waals surface area (Å²) >= 11 is 1.38. The molecule has 1 amide bonds. The number of hydrogen-bond acceptors (Lipinski definition) is 8. The molecule has 5 rings (SSSR count). The Morgan fingerprint density at radius 2 is 1.91 bits per heavy atom. The number of thiazole rings is 1. The van der Waals surface area contributed by atoms with Crippen molar-refractivity contribution in [1.29, 1.82) is 0 Å². The second-order valence-corrected chi connectivity index (χ2v) is 8.42. The van der Waals surface area contributed by atoms with E-state index in [1.165, 1.54) is 17.5 Å². The van der Waals surface area contributed by atoms with Gasteiger partial charge in [-0.1, -0.05) is 23.5 Å². The minimum atomic E-state index is -0.268. The van der Waals surface area contributed by atoms with Crippen LogP contribution in [0.5, 0.6) is 11.5 Å². The zero-order valence-corrected chi connectivity index (χ0v) is 18.6. The van der Waals surface area contributed by atoms with Gasteiger partial charge in [0.1, 0.15) is 27.4 Å². The van der Waals surface area contributed by atoms with Crippen LogP contribution in [-0.2, 0) is 4.74 Å². The van der Waals surface area contributed by atoms with Crippen molar-refractivity contribution in [3.8, 4) is 11.5 Å². The molecule has 0 saturated carbocycles. The molecule has 2 aromatic carbocycles. The van der Waals surface area contributed by atoms with E-state index >= 15 is 0 Å². The molecule has 8 nitrogen and oxygen atoms in total. The number of ether oxygens (including phenoxy) is 3. The molecular formula is C23H22N4O4S. The monoisotopic (exact) mass is 450 g/mol. The summed E-state index contributed by atoms with van der Waals surface area (Å²) in [6, 6.07) is 11.1. The van der Waals surface area contributed by atoms with Crippen molar-refractivity contribution in [2.24, 2.45) is 0 Å². The summed E-state index contributed by atoms with van der Waals surface area (Å²) in [5, 5.41) is 0.540. The van der Waals surface area contributed by atoms with Gasteiger partial charge in [-0.05, 0) is 37.1 Å². The minimum Gasteiger partial charge on any atom is -0.495 e. The summed E-state index contributed by atoms with van der Waals surface area (Å²) in [6.45, 7) is 1.09.